The van der Waals surface area contributed by atoms with Crippen LogP contribution in [0.25, 0.3) is 0 Å². The Bertz CT molecular complexity index is 464. The van der Waals surface area contributed by atoms with E-state index in [2.05, 4.69) is 35.1 Å². The number of hydrogen-bond acceptors (Lipinski definition) is 3. The Balaban J connectivity index is 2.52. The summed E-state index contributed by atoms with van der Waals surface area (Å²) in [5.74, 6) is 1.31. The molecule has 0 aliphatic carbocycles. The third kappa shape index (κ3) is 6.48. The van der Waals surface area contributed by atoms with Crippen LogP contribution in [0.5, 0.6) is 5.75 Å². The van der Waals surface area contributed by atoms with E-state index in [1.807, 2.05) is 25.1 Å². The van der Waals surface area contributed by atoms with E-state index in [-0.39, 0.29) is 12.5 Å². The van der Waals surface area contributed by atoms with Crippen LogP contribution in [-0.4, -0.2) is 37.6 Å². The van der Waals surface area contributed by atoms with E-state index in [9.17, 15) is 4.79 Å². The number of carbonyl (C=O) groups is 1. The molecule has 5 heteroatoms. The summed E-state index contributed by atoms with van der Waals surface area (Å²) >= 11 is 3.49. The minimum atomic E-state index is -0.0212. The van der Waals surface area contributed by atoms with Crippen LogP contribution >= 0.6 is 15.9 Å². The van der Waals surface area contributed by atoms with Crippen LogP contribution < -0.4 is 10.1 Å². The number of carbonyl (C=O) groups excluding carboxylic acids is 1. The quantitative estimate of drug-likeness (QED) is 0.778. The fraction of sp³-hybridized carbons (Fsp3) is 0.562. The van der Waals surface area contributed by atoms with Gasteiger partial charge in [0.15, 0.2) is 6.61 Å². The lowest BCUT2D eigenvalue weighted by molar-refractivity contribution is -0.131. The third-order valence-corrected chi connectivity index (χ3v) is 3.75. The maximum atomic E-state index is 11.7. The molecule has 0 aliphatic rings. The van der Waals surface area contributed by atoms with E-state index in [0.29, 0.717) is 18.2 Å². The van der Waals surface area contributed by atoms with Crippen molar-refractivity contribution in [2.45, 2.75) is 27.3 Å². The minimum absolute atomic E-state index is 0.0212. The third-order valence-electron chi connectivity index (χ3n) is 3.13. The first-order valence-electron chi connectivity index (χ1n) is 7.30. The van der Waals surface area contributed by atoms with Gasteiger partial charge >= 0.3 is 0 Å². The SMILES string of the molecule is CCN(C)C(=O)COc1ccc(CNCC(C)C)cc1Br. The summed E-state index contributed by atoms with van der Waals surface area (Å²) in [6.07, 6.45) is 0. The van der Waals surface area contributed by atoms with Crippen molar-refractivity contribution < 1.29 is 9.53 Å². The molecule has 0 fully saturated rings. The minimum Gasteiger partial charge on any atom is -0.483 e. The maximum Gasteiger partial charge on any atom is 0.260 e. The van der Waals surface area contributed by atoms with Gasteiger partial charge in [-0.05, 0) is 53.0 Å². The zero-order valence-electron chi connectivity index (χ0n) is 13.3. The molecule has 0 unspecified atom stereocenters. The first-order valence-corrected chi connectivity index (χ1v) is 8.09. The molecule has 0 saturated carbocycles. The summed E-state index contributed by atoms with van der Waals surface area (Å²) < 4.78 is 6.43. The summed E-state index contributed by atoms with van der Waals surface area (Å²) in [6.45, 7) is 8.88. The predicted molar refractivity (Wildman–Crippen MR) is 89.5 cm³/mol. The van der Waals surface area contributed by atoms with Gasteiger partial charge in [0.2, 0.25) is 0 Å². The summed E-state index contributed by atoms with van der Waals surface area (Å²) in [7, 11) is 1.77. The van der Waals surface area contributed by atoms with Crippen molar-refractivity contribution >= 4 is 21.8 Å². The summed E-state index contributed by atoms with van der Waals surface area (Å²) in [5.41, 5.74) is 1.19. The molecule has 1 rings (SSSR count). The van der Waals surface area contributed by atoms with Crippen molar-refractivity contribution in [3.05, 3.63) is 28.2 Å². The van der Waals surface area contributed by atoms with Gasteiger partial charge in [0.05, 0.1) is 4.47 Å². The van der Waals surface area contributed by atoms with Crippen molar-refractivity contribution in [3.63, 3.8) is 0 Å². The first kappa shape index (κ1) is 18.0. The number of amides is 1. The first-order chi connectivity index (χ1) is 9.93. The number of nitrogens with one attached hydrogen (secondary N) is 1. The molecule has 0 heterocycles. The Labute approximate surface area is 136 Å². The molecule has 0 atom stereocenters. The standard InChI is InChI=1S/C16H25BrN2O2/c1-5-19(4)16(20)11-21-15-7-6-13(8-14(15)17)10-18-9-12(2)3/h6-8,12,18H,5,9-11H2,1-4H3. The van der Waals surface area contributed by atoms with Crippen molar-refractivity contribution in [2.75, 3.05) is 26.7 Å². The number of hydrogen-bond donors (Lipinski definition) is 1. The molecule has 0 aromatic heterocycles. The van der Waals surface area contributed by atoms with Crippen LogP contribution in [0, 0.1) is 5.92 Å². The van der Waals surface area contributed by atoms with Gasteiger partial charge in [-0.25, -0.2) is 0 Å². The number of halogens is 1. The fourth-order valence-corrected chi connectivity index (χ4v) is 2.24. The fourth-order valence-electron chi connectivity index (χ4n) is 1.70. The summed E-state index contributed by atoms with van der Waals surface area (Å²) in [4.78, 5) is 13.3. The molecule has 4 nitrogen and oxygen atoms in total. The Morgan fingerprint density at radius 3 is 2.71 bits per heavy atom. The molecule has 1 aromatic carbocycles. The normalized spacial score (nSPS) is 10.8. The smallest absolute Gasteiger partial charge is 0.260 e. The average molecular weight is 357 g/mol. The summed E-state index contributed by atoms with van der Waals surface area (Å²) in [6, 6.07) is 5.94. The molecule has 0 saturated heterocycles. The van der Waals surface area contributed by atoms with Crippen LogP contribution in [0.3, 0.4) is 0 Å². The van der Waals surface area contributed by atoms with E-state index in [1.165, 1.54) is 5.56 Å². The second-order valence-electron chi connectivity index (χ2n) is 5.49. The second-order valence-corrected chi connectivity index (χ2v) is 6.34. The highest BCUT2D eigenvalue weighted by Crippen LogP contribution is 2.26. The Morgan fingerprint density at radius 1 is 1.43 bits per heavy atom. The number of ether oxygens (including phenoxy) is 1. The number of rotatable bonds is 8. The largest absolute Gasteiger partial charge is 0.483 e. The molecule has 21 heavy (non-hydrogen) atoms. The van der Waals surface area contributed by atoms with Crippen LogP contribution in [0.1, 0.15) is 26.3 Å². The van der Waals surface area contributed by atoms with Crippen LogP contribution in [0.15, 0.2) is 22.7 Å². The van der Waals surface area contributed by atoms with Crippen molar-refractivity contribution in [3.8, 4) is 5.75 Å². The van der Waals surface area contributed by atoms with E-state index in [1.54, 1.807) is 11.9 Å². The number of nitrogens with zero attached hydrogens (tertiary/aromatic N) is 1. The molecule has 118 valence electrons. The topological polar surface area (TPSA) is 41.6 Å². The van der Waals surface area contributed by atoms with Gasteiger partial charge in [0.25, 0.3) is 5.91 Å². The van der Waals surface area contributed by atoms with E-state index in [4.69, 9.17) is 4.74 Å². The Kier molecular flexibility index (Phi) is 7.75. The van der Waals surface area contributed by atoms with E-state index in [0.717, 1.165) is 17.6 Å². The number of benzene rings is 1. The molecule has 0 radical (unpaired) electrons. The Hall–Kier alpha value is -1.07. The van der Waals surface area contributed by atoms with Gasteiger partial charge in [-0.1, -0.05) is 19.9 Å². The highest BCUT2D eigenvalue weighted by molar-refractivity contribution is 9.10. The van der Waals surface area contributed by atoms with Crippen molar-refractivity contribution in [2.24, 2.45) is 5.92 Å². The van der Waals surface area contributed by atoms with Gasteiger partial charge < -0.3 is 15.0 Å². The summed E-state index contributed by atoms with van der Waals surface area (Å²) in [5, 5.41) is 3.40. The van der Waals surface area contributed by atoms with Gasteiger partial charge in [0, 0.05) is 20.1 Å². The van der Waals surface area contributed by atoms with Crippen LogP contribution in [0.2, 0.25) is 0 Å². The predicted octanol–water partition coefficient (Wildman–Crippen LogP) is 3.05. The molecule has 0 aliphatic heterocycles. The van der Waals surface area contributed by atoms with Gasteiger partial charge in [-0.15, -0.1) is 0 Å². The maximum absolute atomic E-state index is 11.7. The highest BCUT2D eigenvalue weighted by atomic mass is 79.9. The monoisotopic (exact) mass is 356 g/mol. The Morgan fingerprint density at radius 2 is 2.14 bits per heavy atom. The highest BCUT2D eigenvalue weighted by Gasteiger charge is 2.09. The van der Waals surface area contributed by atoms with Gasteiger partial charge in [-0.3, -0.25) is 4.79 Å². The van der Waals surface area contributed by atoms with Crippen LogP contribution in [-0.2, 0) is 11.3 Å². The van der Waals surface area contributed by atoms with E-state index < -0.39 is 0 Å². The zero-order valence-corrected chi connectivity index (χ0v) is 14.9. The molecule has 1 amide bonds. The molecule has 1 N–H and O–H groups in total. The lowest BCUT2D eigenvalue weighted by atomic mass is 10.2. The van der Waals surface area contributed by atoms with E-state index >= 15 is 0 Å². The molecule has 1 aromatic rings. The zero-order chi connectivity index (χ0) is 15.8. The van der Waals surface area contributed by atoms with Crippen LogP contribution in [0.4, 0.5) is 0 Å². The van der Waals surface area contributed by atoms with Crippen molar-refractivity contribution in [1.82, 2.24) is 10.2 Å². The molecule has 0 spiro atoms. The number of likely N-dealkylation sites (N-methyl/N-ethyl adjacent to an activating group) is 1. The second kappa shape index (κ2) is 9.05. The molecule has 0 bridgehead atoms. The van der Waals surface area contributed by atoms with Gasteiger partial charge in [0.1, 0.15) is 5.75 Å². The average Bonchev–Trinajstić information content (AvgIpc) is 2.44. The molecular weight excluding hydrogens is 332 g/mol. The van der Waals surface area contributed by atoms with Gasteiger partial charge in [-0.2, -0.15) is 0 Å². The van der Waals surface area contributed by atoms with Crippen molar-refractivity contribution in [1.29, 1.82) is 0 Å². The molecular formula is C16H25BrN2O2. The lowest BCUT2D eigenvalue weighted by Crippen LogP contribution is -2.31. The lowest BCUT2D eigenvalue weighted by Gasteiger charge is -2.15.